The molecule has 0 aliphatic carbocycles. The average Bonchev–Trinajstić information content (AvgIpc) is 3.36. The predicted octanol–water partition coefficient (Wildman–Crippen LogP) is 3.39. The molecule has 3 heterocycles. The lowest BCUT2D eigenvalue weighted by atomic mass is 10.2. The third kappa shape index (κ3) is 4.53. The van der Waals surface area contributed by atoms with Gasteiger partial charge >= 0.3 is 0 Å². The highest BCUT2D eigenvalue weighted by molar-refractivity contribution is 6.33. The summed E-state index contributed by atoms with van der Waals surface area (Å²) < 4.78 is 7.12. The fraction of sp³-hybridized carbons (Fsp3) is 0.208. The van der Waals surface area contributed by atoms with E-state index in [1.54, 1.807) is 25.4 Å². The maximum Gasteiger partial charge on any atom is 0.271 e. The van der Waals surface area contributed by atoms with Gasteiger partial charge < -0.3 is 31.3 Å². The van der Waals surface area contributed by atoms with Crippen LogP contribution in [0, 0.1) is 0 Å². The van der Waals surface area contributed by atoms with E-state index in [1.165, 1.54) is 4.52 Å². The van der Waals surface area contributed by atoms with E-state index in [-0.39, 0.29) is 11.5 Å². The third-order valence-electron chi connectivity index (χ3n) is 5.83. The molecular formula is C24H25ClN8O2. The Kier molecular flexibility index (Phi) is 6.30. The number of amides is 1. The molecule has 35 heavy (non-hydrogen) atoms. The molecule has 1 amide bonds. The number of carbonyl (C=O) groups excluding carboxylic acids is 1. The molecule has 180 valence electrons. The second kappa shape index (κ2) is 9.69. The number of ether oxygens (including phenoxy) is 1. The summed E-state index contributed by atoms with van der Waals surface area (Å²) in [6.45, 7) is 3.69. The molecule has 0 radical (unpaired) electrons. The zero-order valence-electron chi connectivity index (χ0n) is 19.1. The number of methoxy groups -OCH3 is 1. The van der Waals surface area contributed by atoms with Gasteiger partial charge in [0.2, 0.25) is 0 Å². The van der Waals surface area contributed by atoms with Gasteiger partial charge in [0.25, 0.3) is 5.91 Å². The number of hydrogen-bond donors (Lipinski definition) is 4. The van der Waals surface area contributed by atoms with Crippen LogP contribution in [0.4, 0.5) is 28.7 Å². The first kappa shape index (κ1) is 22.8. The van der Waals surface area contributed by atoms with Crippen molar-refractivity contribution in [3.8, 4) is 5.75 Å². The van der Waals surface area contributed by atoms with Crippen molar-refractivity contribution in [2.45, 2.75) is 0 Å². The minimum Gasteiger partial charge on any atom is -0.494 e. The van der Waals surface area contributed by atoms with Crippen LogP contribution < -0.4 is 31.3 Å². The molecule has 5 rings (SSSR count). The van der Waals surface area contributed by atoms with Crippen LogP contribution in [0.15, 0.2) is 54.7 Å². The van der Waals surface area contributed by atoms with E-state index in [0.29, 0.717) is 33.5 Å². The molecule has 0 atom stereocenters. The number of aromatic nitrogens is 3. The Morgan fingerprint density at radius 3 is 2.60 bits per heavy atom. The highest BCUT2D eigenvalue weighted by Gasteiger charge is 2.21. The van der Waals surface area contributed by atoms with Crippen LogP contribution in [-0.4, -0.2) is 53.8 Å². The van der Waals surface area contributed by atoms with Gasteiger partial charge in [0, 0.05) is 37.9 Å². The minimum atomic E-state index is -0.672. The first-order chi connectivity index (χ1) is 17.0. The fourth-order valence-corrected chi connectivity index (χ4v) is 4.29. The summed E-state index contributed by atoms with van der Waals surface area (Å²) in [5.41, 5.74) is 8.79. The normalized spacial score (nSPS) is 13.6. The molecule has 10 nitrogen and oxygen atoms in total. The number of hydrogen-bond acceptors (Lipinski definition) is 8. The molecule has 1 aliphatic heterocycles. The van der Waals surface area contributed by atoms with Crippen LogP contribution in [0.5, 0.6) is 5.75 Å². The summed E-state index contributed by atoms with van der Waals surface area (Å²) in [6.07, 6.45) is 1.58. The highest BCUT2D eigenvalue weighted by atomic mass is 35.5. The Hall–Kier alpha value is -4.02. The van der Waals surface area contributed by atoms with Crippen molar-refractivity contribution in [1.29, 1.82) is 0 Å². The summed E-state index contributed by atoms with van der Waals surface area (Å²) in [5, 5.41) is 14.6. The van der Waals surface area contributed by atoms with E-state index in [9.17, 15) is 4.79 Å². The number of benzene rings is 2. The molecule has 1 aliphatic rings. The standard InChI is InChI=1S/C24H25ClN8O2/c1-35-20-14-15(32-12-10-27-11-13-32)6-7-18(20)30-24-21(22(26)34)33-19(8-9-28-33)23(31-24)29-17-5-3-2-4-16(17)25/h2-9,14,27,30H,10-13H2,1H3,(H2,26,34)(H,29,31). The largest absolute Gasteiger partial charge is 0.494 e. The maximum atomic E-state index is 12.5. The van der Waals surface area contributed by atoms with Crippen molar-refractivity contribution in [3.05, 3.63) is 65.4 Å². The van der Waals surface area contributed by atoms with Crippen LogP contribution in [0.3, 0.4) is 0 Å². The molecule has 2 aromatic heterocycles. The highest BCUT2D eigenvalue weighted by Crippen LogP contribution is 2.34. The van der Waals surface area contributed by atoms with Crippen LogP contribution in [0.2, 0.25) is 5.02 Å². The Labute approximate surface area is 207 Å². The molecule has 11 heteroatoms. The molecule has 1 fully saturated rings. The first-order valence-electron chi connectivity index (χ1n) is 11.1. The Morgan fingerprint density at radius 1 is 1.09 bits per heavy atom. The van der Waals surface area contributed by atoms with E-state index in [2.05, 4.69) is 25.9 Å². The van der Waals surface area contributed by atoms with Gasteiger partial charge in [-0.25, -0.2) is 9.50 Å². The van der Waals surface area contributed by atoms with Crippen molar-refractivity contribution in [2.24, 2.45) is 5.73 Å². The number of nitrogens with two attached hydrogens (primary N) is 1. The molecule has 0 bridgehead atoms. The lowest BCUT2D eigenvalue weighted by Crippen LogP contribution is -2.43. The molecular weight excluding hydrogens is 468 g/mol. The topological polar surface area (TPSA) is 122 Å². The quantitative estimate of drug-likeness (QED) is 0.310. The van der Waals surface area contributed by atoms with Crippen molar-refractivity contribution < 1.29 is 9.53 Å². The molecule has 5 N–H and O–H groups in total. The molecule has 0 spiro atoms. The number of fused-ring (bicyclic) bond motifs is 1. The summed E-state index contributed by atoms with van der Waals surface area (Å²) >= 11 is 6.34. The first-order valence-corrected chi connectivity index (χ1v) is 11.5. The molecule has 0 saturated carbocycles. The van der Waals surface area contributed by atoms with E-state index in [1.807, 2.05) is 36.4 Å². The fourth-order valence-electron chi connectivity index (χ4n) is 4.10. The van der Waals surface area contributed by atoms with Gasteiger partial charge in [-0.1, -0.05) is 23.7 Å². The van der Waals surface area contributed by atoms with E-state index in [0.717, 1.165) is 31.9 Å². The number of anilines is 5. The number of halogens is 1. The van der Waals surface area contributed by atoms with E-state index < -0.39 is 5.91 Å². The number of carbonyl (C=O) groups is 1. The summed E-state index contributed by atoms with van der Waals surface area (Å²) in [5.74, 6) is 0.629. The number of primary amides is 1. The number of nitrogens with zero attached hydrogens (tertiary/aromatic N) is 4. The maximum absolute atomic E-state index is 12.5. The zero-order chi connectivity index (χ0) is 24.4. The minimum absolute atomic E-state index is 0.114. The Balaban J connectivity index is 1.56. The second-order valence-electron chi connectivity index (χ2n) is 8.00. The van der Waals surface area contributed by atoms with Crippen LogP contribution in [0.1, 0.15) is 10.5 Å². The third-order valence-corrected chi connectivity index (χ3v) is 6.16. The summed E-state index contributed by atoms with van der Waals surface area (Å²) in [6, 6.07) is 14.9. The number of nitrogens with one attached hydrogen (secondary N) is 3. The average molecular weight is 493 g/mol. The van der Waals surface area contributed by atoms with Crippen molar-refractivity contribution >= 4 is 51.7 Å². The van der Waals surface area contributed by atoms with Gasteiger partial charge in [-0.2, -0.15) is 5.10 Å². The van der Waals surface area contributed by atoms with Crippen LogP contribution in [-0.2, 0) is 0 Å². The SMILES string of the molecule is COc1cc(N2CCNCC2)ccc1Nc1nc(Nc2ccccc2Cl)c2ccnn2c1C(N)=O. The molecule has 4 aromatic rings. The molecule has 1 saturated heterocycles. The van der Waals surface area contributed by atoms with Crippen LogP contribution >= 0.6 is 11.6 Å². The van der Waals surface area contributed by atoms with E-state index >= 15 is 0 Å². The lowest BCUT2D eigenvalue weighted by Gasteiger charge is -2.30. The van der Waals surface area contributed by atoms with Crippen molar-refractivity contribution in [2.75, 3.05) is 48.8 Å². The Morgan fingerprint density at radius 2 is 1.86 bits per heavy atom. The second-order valence-corrected chi connectivity index (χ2v) is 8.41. The number of rotatable bonds is 7. The van der Waals surface area contributed by atoms with Gasteiger partial charge in [0.05, 0.1) is 29.7 Å². The van der Waals surface area contributed by atoms with Crippen molar-refractivity contribution in [3.63, 3.8) is 0 Å². The van der Waals surface area contributed by atoms with Gasteiger partial charge in [0.1, 0.15) is 11.3 Å². The predicted molar refractivity (Wildman–Crippen MR) is 138 cm³/mol. The molecule has 0 unspecified atom stereocenters. The zero-order valence-corrected chi connectivity index (χ0v) is 19.8. The van der Waals surface area contributed by atoms with E-state index in [4.69, 9.17) is 27.1 Å². The monoisotopic (exact) mass is 492 g/mol. The van der Waals surface area contributed by atoms with Gasteiger partial charge in [-0.05, 0) is 30.3 Å². The van der Waals surface area contributed by atoms with Gasteiger partial charge in [-0.3, -0.25) is 4.79 Å². The molecule has 2 aromatic carbocycles. The summed E-state index contributed by atoms with van der Waals surface area (Å²) in [4.78, 5) is 19.4. The number of piperazine rings is 1. The van der Waals surface area contributed by atoms with Crippen molar-refractivity contribution in [1.82, 2.24) is 19.9 Å². The lowest BCUT2D eigenvalue weighted by molar-refractivity contribution is 0.0994. The van der Waals surface area contributed by atoms with Gasteiger partial charge in [-0.15, -0.1) is 0 Å². The van der Waals surface area contributed by atoms with Gasteiger partial charge in [0.15, 0.2) is 17.3 Å². The number of para-hydroxylation sites is 1. The Bertz CT molecular complexity index is 1380. The smallest absolute Gasteiger partial charge is 0.271 e. The van der Waals surface area contributed by atoms with Crippen LogP contribution in [0.25, 0.3) is 5.52 Å². The summed E-state index contributed by atoms with van der Waals surface area (Å²) in [7, 11) is 1.60.